The minimum atomic E-state index is -0.412. The number of alkyl carbamates (subject to hydrolysis) is 1. The van der Waals surface area contributed by atoms with Crippen LogP contribution in [-0.2, 0) is 9.47 Å². The lowest BCUT2D eigenvalue weighted by Crippen LogP contribution is -2.35. The predicted octanol–water partition coefficient (Wildman–Crippen LogP) is 1.16. The average Bonchev–Trinajstić information content (AvgIpc) is 2.50. The van der Waals surface area contributed by atoms with Crippen molar-refractivity contribution in [1.29, 1.82) is 0 Å². The first-order chi connectivity index (χ1) is 6.47. The van der Waals surface area contributed by atoms with E-state index in [4.69, 9.17) is 9.47 Å². The van der Waals surface area contributed by atoms with Gasteiger partial charge in [-0.1, -0.05) is 0 Å². The zero-order chi connectivity index (χ0) is 10.3. The molecule has 0 radical (unpaired) electrons. The van der Waals surface area contributed by atoms with Crippen molar-refractivity contribution >= 4 is 6.09 Å². The van der Waals surface area contributed by atoms with Gasteiger partial charge in [-0.3, -0.25) is 0 Å². The van der Waals surface area contributed by atoms with Crippen LogP contribution < -0.4 is 5.32 Å². The number of ether oxygens (including phenoxy) is 2. The molecule has 2 fully saturated rings. The van der Waals surface area contributed by atoms with Crippen LogP contribution in [0, 0.1) is 11.8 Å². The second-order valence-corrected chi connectivity index (χ2v) is 5.04. The molecular formula is C10H17NO3. The Hall–Kier alpha value is -0.770. The van der Waals surface area contributed by atoms with Gasteiger partial charge in [0.05, 0.1) is 13.2 Å². The largest absolute Gasteiger partial charge is 0.444 e. The maximum absolute atomic E-state index is 11.4. The number of hydrogen-bond acceptors (Lipinski definition) is 3. The van der Waals surface area contributed by atoms with Crippen LogP contribution in [0.1, 0.15) is 20.8 Å². The molecule has 1 aliphatic carbocycles. The van der Waals surface area contributed by atoms with Crippen molar-refractivity contribution in [3.05, 3.63) is 0 Å². The number of nitrogens with one attached hydrogen (secondary N) is 1. The highest BCUT2D eigenvalue weighted by molar-refractivity contribution is 5.68. The summed E-state index contributed by atoms with van der Waals surface area (Å²) in [5, 5.41) is 2.87. The van der Waals surface area contributed by atoms with Gasteiger partial charge < -0.3 is 14.8 Å². The van der Waals surface area contributed by atoms with Gasteiger partial charge in [0.2, 0.25) is 0 Å². The molecule has 0 aromatic rings. The molecule has 0 aromatic carbocycles. The maximum atomic E-state index is 11.4. The van der Waals surface area contributed by atoms with Crippen LogP contribution in [0.2, 0.25) is 0 Å². The van der Waals surface area contributed by atoms with E-state index < -0.39 is 5.60 Å². The summed E-state index contributed by atoms with van der Waals surface area (Å²) in [6.45, 7) is 7.16. The van der Waals surface area contributed by atoms with Gasteiger partial charge in [-0.25, -0.2) is 4.79 Å². The third-order valence-corrected chi connectivity index (χ3v) is 2.64. The van der Waals surface area contributed by atoms with E-state index in [0.29, 0.717) is 17.9 Å². The number of carbonyl (C=O) groups excluding carboxylic acids is 1. The van der Waals surface area contributed by atoms with Crippen molar-refractivity contribution < 1.29 is 14.3 Å². The fraction of sp³-hybridized carbons (Fsp3) is 0.900. The summed E-state index contributed by atoms with van der Waals surface area (Å²) >= 11 is 0. The standard InChI is InChI=1S/C10H17NO3/c1-10(2,3)14-9(12)11-8-6-4-13-5-7(6)8/h6-8H,4-5H2,1-3H3,(H,11,12)/t6-,7-/m0/s1. The molecular weight excluding hydrogens is 182 g/mol. The molecule has 0 aromatic heterocycles. The number of hydrogen-bond donors (Lipinski definition) is 1. The van der Waals surface area contributed by atoms with Crippen molar-refractivity contribution in [2.24, 2.45) is 11.8 Å². The minimum Gasteiger partial charge on any atom is -0.444 e. The van der Waals surface area contributed by atoms with Crippen LogP contribution >= 0.6 is 0 Å². The Morgan fingerprint density at radius 2 is 1.93 bits per heavy atom. The smallest absolute Gasteiger partial charge is 0.407 e. The highest BCUT2D eigenvalue weighted by Crippen LogP contribution is 2.44. The number of carbonyl (C=O) groups is 1. The SMILES string of the molecule is CC(C)(C)OC(=O)NC1[C@H]2COC[C@H]12. The van der Waals surface area contributed by atoms with Crippen molar-refractivity contribution in [2.75, 3.05) is 13.2 Å². The van der Waals surface area contributed by atoms with Gasteiger partial charge in [0.25, 0.3) is 0 Å². The summed E-state index contributed by atoms with van der Waals surface area (Å²) < 4.78 is 10.4. The topological polar surface area (TPSA) is 47.6 Å². The van der Waals surface area contributed by atoms with Crippen molar-refractivity contribution in [1.82, 2.24) is 5.32 Å². The zero-order valence-electron chi connectivity index (χ0n) is 8.87. The Kier molecular flexibility index (Phi) is 2.18. The molecule has 0 bridgehead atoms. The summed E-state index contributed by atoms with van der Waals surface area (Å²) in [6, 6.07) is 0.290. The van der Waals surface area contributed by atoms with E-state index in [1.165, 1.54) is 0 Å². The first-order valence-corrected chi connectivity index (χ1v) is 5.04. The maximum Gasteiger partial charge on any atom is 0.407 e. The van der Waals surface area contributed by atoms with Crippen LogP contribution in [-0.4, -0.2) is 30.9 Å². The number of rotatable bonds is 1. The molecule has 0 spiro atoms. The van der Waals surface area contributed by atoms with Gasteiger partial charge in [-0.15, -0.1) is 0 Å². The molecule has 1 aliphatic heterocycles. The molecule has 14 heavy (non-hydrogen) atoms. The van der Waals surface area contributed by atoms with Crippen LogP contribution in [0.4, 0.5) is 4.79 Å². The molecule has 4 heteroatoms. The van der Waals surface area contributed by atoms with Gasteiger partial charge in [0.15, 0.2) is 0 Å². The summed E-state index contributed by atoms with van der Waals surface area (Å²) in [6.07, 6.45) is -0.308. The summed E-state index contributed by atoms with van der Waals surface area (Å²) in [4.78, 5) is 11.4. The van der Waals surface area contributed by atoms with E-state index in [1.54, 1.807) is 0 Å². The highest BCUT2D eigenvalue weighted by atomic mass is 16.6. The monoisotopic (exact) mass is 199 g/mol. The molecule has 2 atom stereocenters. The molecule has 1 saturated carbocycles. The lowest BCUT2D eigenvalue weighted by atomic mass is 10.2. The first kappa shape index (κ1) is 9.77. The van der Waals surface area contributed by atoms with Crippen LogP contribution in [0.15, 0.2) is 0 Å². The Labute approximate surface area is 84.0 Å². The number of amides is 1. The van der Waals surface area contributed by atoms with E-state index in [-0.39, 0.29) is 6.09 Å². The van der Waals surface area contributed by atoms with Crippen molar-refractivity contribution in [3.8, 4) is 0 Å². The third-order valence-electron chi connectivity index (χ3n) is 2.64. The first-order valence-electron chi connectivity index (χ1n) is 5.04. The van der Waals surface area contributed by atoms with Crippen molar-refractivity contribution in [3.63, 3.8) is 0 Å². The summed E-state index contributed by atoms with van der Waals surface area (Å²) in [7, 11) is 0. The lowest BCUT2D eigenvalue weighted by Gasteiger charge is -2.20. The Balaban J connectivity index is 1.74. The van der Waals surface area contributed by atoms with Crippen LogP contribution in [0.5, 0.6) is 0 Å². The quantitative estimate of drug-likeness (QED) is 0.689. The van der Waals surface area contributed by atoms with Crippen LogP contribution in [0.3, 0.4) is 0 Å². The minimum absolute atomic E-state index is 0.290. The number of fused-ring (bicyclic) bond motifs is 1. The van der Waals surface area contributed by atoms with E-state index >= 15 is 0 Å². The Morgan fingerprint density at radius 3 is 2.43 bits per heavy atom. The van der Waals surface area contributed by atoms with E-state index in [9.17, 15) is 4.79 Å². The Bertz CT molecular complexity index is 236. The summed E-state index contributed by atoms with van der Waals surface area (Å²) in [5.41, 5.74) is -0.412. The van der Waals surface area contributed by atoms with Crippen LogP contribution in [0.25, 0.3) is 0 Å². The van der Waals surface area contributed by atoms with E-state index in [2.05, 4.69) is 5.32 Å². The fourth-order valence-electron chi connectivity index (χ4n) is 1.90. The van der Waals surface area contributed by atoms with E-state index in [0.717, 1.165) is 13.2 Å². The Morgan fingerprint density at radius 1 is 1.36 bits per heavy atom. The van der Waals surface area contributed by atoms with Gasteiger partial charge in [-0.05, 0) is 20.8 Å². The van der Waals surface area contributed by atoms with Gasteiger partial charge in [0.1, 0.15) is 5.60 Å². The fourth-order valence-corrected chi connectivity index (χ4v) is 1.90. The van der Waals surface area contributed by atoms with Gasteiger partial charge >= 0.3 is 6.09 Å². The molecule has 1 saturated heterocycles. The molecule has 2 aliphatic rings. The lowest BCUT2D eigenvalue weighted by molar-refractivity contribution is 0.0503. The predicted molar refractivity (Wildman–Crippen MR) is 51.0 cm³/mol. The second kappa shape index (κ2) is 3.12. The molecule has 1 N–H and O–H groups in total. The molecule has 80 valence electrons. The highest BCUT2D eigenvalue weighted by Gasteiger charge is 2.55. The molecule has 1 heterocycles. The molecule has 0 unspecified atom stereocenters. The zero-order valence-corrected chi connectivity index (χ0v) is 8.87. The van der Waals surface area contributed by atoms with Gasteiger partial charge in [0, 0.05) is 17.9 Å². The van der Waals surface area contributed by atoms with Gasteiger partial charge in [-0.2, -0.15) is 0 Å². The molecule has 4 nitrogen and oxygen atoms in total. The third kappa shape index (κ3) is 2.00. The van der Waals surface area contributed by atoms with E-state index in [1.807, 2.05) is 20.8 Å². The molecule has 2 rings (SSSR count). The van der Waals surface area contributed by atoms with Crippen molar-refractivity contribution in [2.45, 2.75) is 32.4 Å². The normalized spacial score (nSPS) is 34.9. The molecule has 1 amide bonds. The average molecular weight is 199 g/mol. The second-order valence-electron chi connectivity index (χ2n) is 5.04. The summed E-state index contributed by atoms with van der Waals surface area (Å²) in [5.74, 6) is 1.06.